The number of likely N-dealkylation sites (tertiary alicyclic amines) is 2. The Morgan fingerprint density at radius 2 is 1.55 bits per heavy atom. The van der Waals surface area contributed by atoms with E-state index >= 15 is 0 Å². The van der Waals surface area contributed by atoms with Gasteiger partial charge in [0.1, 0.15) is 0 Å². The summed E-state index contributed by atoms with van der Waals surface area (Å²) in [6, 6.07) is 0. The fraction of sp³-hybridized carbons (Fsp3) is 1.00. The van der Waals surface area contributed by atoms with Gasteiger partial charge in [0.25, 0.3) is 0 Å². The molecule has 0 aromatic heterocycles. The molecule has 1 N–H and O–H groups in total. The number of aliphatic hydroxyl groups excluding tert-OH is 1. The lowest BCUT2D eigenvalue weighted by molar-refractivity contribution is 0.0472. The molecule has 0 amide bonds. The molecular formula is C17H34N2O. The van der Waals surface area contributed by atoms with Crippen molar-refractivity contribution in [2.45, 2.75) is 52.4 Å². The third kappa shape index (κ3) is 4.19. The van der Waals surface area contributed by atoms with Crippen molar-refractivity contribution in [1.29, 1.82) is 0 Å². The number of nitrogens with zero attached hydrogens (tertiary/aromatic N) is 2. The molecule has 0 atom stereocenters. The van der Waals surface area contributed by atoms with E-state index in [0.29, 0.717) is 6.61 Å². The standard InChI is InChI=1S/C17H34N2O/c1-3-17(4-2,15-20)14-19-11-7-16(8-12-19)13-18-9-5-6-10-18/h16,20H,3-15H2,1-2H3. The van der Waals surface area contributed by atoms with Gasteiger partial charge in [0.15, 0.2) is 0 Å². The van der Waals surface area contributed by atoms with E-state index in [1.165, 1.54) is 58.4 Å². The van der Waals surface area contributed by atoms with Crippen LogP contribution in [0.15, 0.2) is 0 Å². The van der Waals surface area contributed by atoms with Crippen molar-refractivity contribution in [2.24, 2.45) is 11.3 Å². The Balaban J connectivity index is 1.73. The molecule has 3 heteroatoms. The number of aliphatic hydroxyl groups is 1. The minimum atomic E-state index is 0.141. The lowest BCUT2D eigenvalue weighted by atomic mass is 9.82. The van der Waals surface area contributed by atoms with E-state index in [1.807, 2.05) is 0 Å². The predicted molar refractivity (Wildman–Crippen MR) is 84.9 cm³/mol. The summed E-state index contributed by atoms with van der Waals surface area (Å²) in [6.07, 6.45) is 7.70. The molecule has 2 saturated heterocycles. The smallest absolute Gasteiger partial charge is 0.0499 e. The van der Waals surface area contributed by atoms with E-state index in [-0.39, 0.29) is 5.41 Å². The first-order valence-electron chi connectivity index (χ1n) is 8.77. The van der Waals surface area contributed by atoms with Crippen molar-refractivity contribution < 1.29 is 5.11 Å². The van der Waals surface area contributed by atoms with Crippen LogP contribution < -0.4 is 0 Å². The van der Waals surface area contributed by atoms with Gasteiger partial charge in [-0.1, -0.05) is 13.8 Å². The highest BCUT2D eigenvalue weighted by Gasteiger charge is 2.30. The number of piperidine rings is 1. The summed E-state index contributed by atoms with van der Waals surface area (Å²) in [5.74, 6) is 0.913. The molecule has 20 heavy (non-hydrogen) atoms. The van der Waals surface area contributed by atoms with Crippen LogP contribution in [-0.4, -0.2) is 60.8 Å². The number of hydrogen-bond donors (Lipinski definition) is 1. The fourth-order valence-electron chi connectivity index (χ4n) is 3.88. The van der Waals surface area contributed by atoms with Gasteiger partial charge >= 0.3 is 0 Å². The Morgan fingerprint density at radius 3 is 2.05 bits per heavy atom. The molecule has 0 unspecified atom stereocenters. The summed E-state index contributed by atoms with van der Waals surface area (Å²) < 4.78 is 0. The Kier molecular flexibility index (Phi) is 6.31. The zero-order chi connectivity index (χ0) is 14.4. The molecule has 2 heterocycles. The summed E-state index contributed by atoms with van der Waals surface area (Å²) in [5.41, 5.74) is 0.141. The van der Waals surface area contributed by atoms with Crippen LogP contribution in [0.25, 0.3) is 0 Å². The minimum absolute atomic E-state index is 0.141. The highest BCUT2D eigenvalue weighted by molar-refractivity contribution is 4.83. The van der Waals surface area contributed by atoms with Crippen LogP contribution in [0.1, 0.15) is 52.4 Å². The molecule has 0 spiro atoms. The van der Waals surface area contributed by atoms with Crippen LogP contribution >= 0.6 is 0 Å². The first-order chi connectivity index (χ1) is 9.71. The van der Waals surface area contributed by atoms with Crippen molar-refractivity contribution in [1.82, 2.24) is 9.80 Å². The SMILES string of the molecule is CCC(CC)(CO)CN1CCC(CN2CCCC2)CC1. The third-order valence-electron chi connectivity index (χ3n) is 5.82. The monoisotopic (exact) mass is 282 g/mol. The maximum absolute atomic E-state index is 9.72. The van der Waals surface area contributed by atoms with E-state index in [2.05, 4.69) is 23.6 Å². The highest BCUT2D eigenvalue weighted by atomic mass is 16.3. The van der Waals surface area contributed by atoms with Crippen molar-refractivity contribution in [3.63, 3.8) is 0 Å². The molecule has 0 radical (unpaired) electrons. The normalized spacial score (nSPS) is 23.6. The highest BCUT2D eigenvalue weighted by Crippen LogP contribution is 2.29. The van der Waals surface area contributed by atoms with Gasteiger partial charge < -0.3 is 14.9 Å². The van der Waals surface area contributed by atoms with Crippen molar-refractivity contribution in [3.05, 3.63) is 0 Å². The van der Waals surface area contributed by atoms with E-state index in [0.717, 1.165) is 25.3 Å². The number of hydrogen-bond acceptors (Lipinski definition) is 3. The molecule has 2 aliphatic rings. The molecule has 0 aromatic carbocycles. The van der Waals surface area contributed by atoms with Gasteiger partial charge in [-0.25, -0.2) is 0 Å². The topological polar surface area (TPSA) is 26.7 Å². The molecule has 3 nitrogen and oxygen atoms in total. The van der Waals surface area contributed by atoms with Crippen LogP contribution in [0.3, 0.4) is 0 Å². The Labute approximate surface area is 125 Å². The van der Waals surface area contributed by atoms with Crippen LogP contribution in [0.5, 0.6) is 0 Å². The molecule has 2 aliphatic heterocycles. The first-order valence-corrected chi connectivity index (χ1v) is 8.77. The lowest BCUT2D eigenvalue weighted by Gasteiger charge is -2.40. The molecule has 2 fully saturated rings. The van der Waals surface area contributed by atoms with Crippen LogP contribution in [-0.2, 0) is 0 Å². The maximum atomic E-state index is 9.72. The second-order valence-corrected chi connectivity index (χ2v) is 7.09. The fourth-order valence-corrected chi connectivity index (χ4v) is 3.88. The van der Waals surface area contributed by atoms with Gasteiger partial charge in [-0.15, -0.1) is 0 Å². The van der Waals surface area contributed by atoms with Crippen LogP contribution in [0.4, 0.5) is 0 Å². The predicted octanol–water partition coefficient (Wildman–Crippen LogP) is 2.59. The van der Waals surface area contributed by atoms with Crippen molar-refractivity contribution in [2.75, 3.05) is 45.9 Å². The van der Waals surface area contributed by atoms with Gasteiger partial charge in [-0.05, 0) is 70.6 Å². The van der Waals surface area contributed by atoms with E-state index < -0.39 is 0 Å². The van der Waals surface area contributed by atoms with Crippen LogP contribution in [0, 0.1) is 11.3 Å². The van der Waals surface area contributed by atoms with E-state index in [1.54, 1.807) is 0 Å². The van der Waals surface area contributed by atoms with Gasteiger partial charge in [0.05, 0.1) is 0 Å². The molecule has 118 valence electrons. The van der Waals surface area contributed by atoms with Gasteiger partial charge in [0, 0.05) is 25.1 Å². The average molecular weight is 282 g/mol. The van der Waals surface area contributed by atoms with Crippen molar-refractivity contribution in [3.8, 4) is 0 Å². The average Bonchev–Trinajstić information content (AvgIpc) is 3.00. The summed E-state index contributed by atoms with van der Waals surface area (Å²) in [6.45, 7) is 12.3. The molecule has 2 rings (SSSR count). The summed E-state index contributed by atoms with van der Waals surface area (Å²) in [7, 11) is 0. The van der Waals surface area contributed by atoms with E-state index in [4.69, 9.17) is 0 Å². The minimum Gasteiger partial charge on any atom is -0.396 e. The molecule has 0 aromatic rings. The summed E-state index contributed by atoms with van der Waals surface area (Å²) in [4.78, 5) is 5.26. The molecule has 0 bridgehead atoms. The molecule has 0 saturated carbocycles. The first kappa shape index (κ1) is 16.3. The molecular weight excluding hydrogens is 248 g/mol. The quantitative estimate of drug-likeness (QED) is 0.777. The van der Waals surface area contributed by atoms with Crippen LogP contribution in [0.2, 0.25) is 0 Å². The summed E-state index contributed by atoms with van der Waals surface area (Å²) in [5, 5.41) is 9.72. The zero-order valence-corrected chi connectivity index (χ0v) is 13.6. The maximum Gasteiger partial charge on any atom is 0.0499 e. The molecule has 0 aliphatic carbocycles. The largest absolute Gasteiger partial charge is 0.396 e. The second kappa shape index (κ2) is 7.77. The lowest BCUT2D eigenvalue weighted by Crippen LogP contribution is -2.44. The Hall–Kier alpha value is -0.120. The van der Waals surface area contributed by atoms with Gasteiger partial charge in [-0.3, -0.25) is 0 Å². The number of rotatable bonds is 7. The van der Waals surface area contributed by atoms with E-state index in [9.17, 15) is 5.11 Å². The zero-order valence-electron chi connectivity index (χ0n) is 13.6. The van der Waals surface area contributed by atoms with Gasteiger partial charge in [0.2, 0.25) is 0 Å². The summed E-state index contributed by atoms with van der Waals surface area (Å²) >= 11 is 0. The Bertz CT molecular complexity index is 256. The third-order valence-corrected chi connectivity index (χ3v) is 5.82. The van der Waals surface area contributed by atoms with Gasteiger partial charge in [-0.2, -0.15) is 0 Å². The second-order valence-electron chi connectivity index (χ2n) is 7.09. The Morgan fingerprint density at radius 1 is 0.950 bits per heavy atom. The van der Waals surface area contributed by atoms with Crippen molar-refractivity contribution >= 4 is 0 Å².